The van der Waals surface area contributed by atoms with Gasteiger partial charge in [-0.25, -0.2) is 14.5 Å². The van der Waals surface area contributed by atoms with Crippen molar-refractivity contribution in [2.75, 3.05) is 13.6 Å². The van der Waals surface area contributed by atoms with Crippen LogP contribution in [-0.4, -0.2) is 63.9 Å². The molecule has 0 bridgehead atoms. The number of aliphatic imine (C=N–C) groups is 1. The van der Waals surface area contributed by atoms with Crippen LogP contribution in [0.1, 0.15) is 60.1 Å². The number of aliphatic hydroxyl groups excluding tert-OH is 1. The number of aliphatic hydroxyl groups is 1. The summed E-state index contributed by atoms with van der Waals surface area (Å²) in [5.74, 6) is -0.0177. The third-order valence-corrected chi connectivity index (χ3v) is 4.28. The highest BCUT2D eigenvalue weighted by Crippen LogP contribution is 2.22. The number of guanidine groups is 1. The quantitative estimate of drug-likeness (QED) is 0.398. The van der Waals surface area contributed by atoms with Crippen LogP contribution in [0.25, 0.3) is 0 Å². The van der Waals surface area contributed by atoms with Gasteiger partial charge in [-0.05, 0) is 54.0 Å². The lowest BCUT2D eigenvalue weighted by atomic mass is 10.0. The monoisotopic (exact) mass is 447 g/mol. The van der Waals surface area contributed by atoms with Crippen molar-refractivity contribution in [3.05, 3.63) is 48.6 Å². The second kappa shape index (κ2) is 11.1. The van der Waals surface area contributed by atoms with Crippen molar-refractivity contribution in [3.8, 4) is 0 Å². The van der Waals surface area contributed by atoms with E-state index in [0.717, 1.165) is 0 Å². The molecular formula is C24H37N3O5. The summed E-state index contributed by atoms with van der Waals surface area (Å²) in [6, 6.07) is 8.56. The van der Waals surface area contributed by atoms with Crippen LogP contribution in [0.5, 0.6) is 0 Å². The second-order valence-electron chi connectivity index (χ2n) is 9.48. The molecule has 0 unspecified atom stereocenters. The van der Waals surface area contributed by atoms with Crippen LogP contribution in [0.15, 0.2) is 48.0 Å². The highest BCUT2D eigenvalue weighted by atomic mass is 16.6. The van der Waals surface area contributed by atoms with Crippen molar-refractivity contribution in [1.29, 1.82) is 0 Å². The van der Waals surface area contributed by atoms with E-state index in [0.29, 0.717) is 5.56 Å². The number of amides is 2. The summed E-state index contributed by atoms with van der Waals surface area (Å²) in [6.45, 7) is 15.9. The van der Waals surface area contributed by atoms with Crippen molar-refractivity contribution in [1.82, 2.24) is 9.80 Å². The number of hydrogen-bond donors (Lipinski definition) is 1. The molecule has 0 radical (unpaired) electrons. The van der Waals surface area contributed by atoms with E-state index in [2.05, 4.69) is 11.6 Å². The van der Waals surface area contributed by atoms with Gasteiger partial charge >= 0.3 is 12.2 Å². The second-order valence-corrected chi connectivity index (χ2v) is 9.48. The Bertz CT molecular complexity index is 809. The molecule has 0 fully saturated rings. The highest BCUT2D eigenvalue weighted by Gasteiger charge is 2.32. The van der Waals surface area contributed by atoms with Crippen LogP contribution in [0, 0.1) is 0 Å². The first-order chi connectivity index (χ1) is 14.7. The van der Waals surface area contributed by atoms with E-state index in [9.17, 15) is 14.7 Å². The van der Waals surface area contributed by atoms with Gasteiger partial charge in [0.25, 0.3) is 0 Å². The fourth-order valence-electron chi connectivity index (χ4n) is 2.70. The number of hydrogen-bond acceptors (Lipinski definition) is 5. The van der Waals surface area contributed by atoms with Crippen LogP contribution in [0.4, 0.5) is 9.59 Å². The zero-order valence-corrected chi connectivity index (χ0v) is 20.5. The Kier molecular flexibility index (Phi) is 9.45. The Balaban J connectivity index is 3.40. The summed E-state index contributed by atoms with van der Waals surface area (Å²) in [5.41, 5.74) is -0.841. The zero-order valence-electron chi connectivity index (χ0n) is 20.5. The number of nitrogens with zero attached hydrogens (tertiary/aromatic N) is 3. The van der Waals surface area contributed by atoms with E-state index in [1.165, 1.54) is 11.0 Å². The van der Waals surface area contributed by atoms with Crippen LogP contribution >= 0.6 is 0 Å². The van der Waals surface area contributed by atoms with Crippen LogP contribution in [0.2, 0.25) is 0 Å². The molecule has 2 atom stereocenters. The van der Waals surface area contributed by atoms with Crippen molar-refractivity contribution in [3.63, 3.8) is 0 Å². The van der Waals surface area contributed by atoms with Gasteiger partial charge in [0.2, 0.25) is 5.96 Å². The molecule has 1 rings (SSSR count). The van der Waals surface area contributed by atoms with Gasteiger partial charge < -0.3 is 19.5 Å². The molecule has 0 spiro atoms. The average molecular weight is 448 g/mol. The van der Waals surface area contributed by atoms with Crippen LogP contribution in [0.3, 0.4) is 0 Å². The summed E-state index contributed by atoms with van der Waals surface area (Å²) in [5, 5.41) is 10.9. The average Bonchev–Trinajstić information content (AvgIpc) is 2.66. The number of carbonyl (C=O) groups excluding carboxylic acids is 2. The summed E-state index contributed by atoms with van der Waals surface area (Å²) in [6.07, 6.45) is -0.971. The molecule has 32 heavy (non-hydrogen) atoms. The Hall–Kier alpha value is -2.87. The summed E-state index contributed by atoms with van der Waals surface area (Å²) < 4.78 is 10.8. The normalized spacial score (nSPS) is 14.2. The number of ether oxygens (including phenoxy) is 2. The standard InChI is InChI=1S/C24H37N3O5/c1-10-16-27(22(30)32-24(6,7)8)20(25-21(29)31-23(3,4)5)26(9)17(2)19(28)18-14-12-11-13-15-18/h10-15,17,19,28H,1,16H2,2-9H3/b25-20+/t17-,19-/m0/s1. The maximum absolute atomic E-state index is 13.0. The van der Waals surface area contributed by atoms with Gasteiger partial charge in [0.05, 0.1) is 12.1 Å². The molecule has 0 aliphatic carbocycles. The Morgan fingerprint density at radius 3 is 2.09 bits per heavy atom. The molecule has 1 aromatic rings. The van der Waals surface area contributed by atoms with Gasteiger partial charge in [-0.15, -0.1) is 11.6 Å². The lowest BCUT2D eigenvalue weighted by molar-refractivity contribution is 0.0340. The number of carbonyl (C=O) groups is 2. The van der Waals surface area contributed by atoms with E-state index < -0.39 is 35.5 Å². The fourth-order valence-corrected chi connectivity index (χ4v) is 2.70. The third-order valence-electron chi connectivity index (χ3n) is 4.28. The summed E-state index contributed by atoms with van der Waals surface area (Å²) >= 11 is 0. The number of rotatable bonds is 5. The zero-order chi connectivity index (χ0) is 24.7. The lowest BCUT2D eigenvalue weighted by Gasteiger charge is -2.36. The smallest absolute Gasteiger partial charge is 0.437 e. The minimum atomic E-state index is -0.908. The molecular weight excluding hydrogens is 410 g/mol. The molecule has 2 amide bonds. The molecule has 0 heterocycles. The molecule has 178 valence electrons. The van der Waals surface area contributed by atoms with E-state index in [1.807, 2.05) is 18.2 Å². The highest BCUT2D eigenvalue weighted by molar-refractivity contribution is 5.99. The van der Waals surface area contributed by atoms with Gasteiger partial charge in [0.1, 0.15) is 11.2 Å². The largest absolute Gasteiger partial charge is 0.443 e. The van der Waals surface area contributed by atoms with E-state index in [4.69, 9.17) is 9.47 Å². The molecule has 1 N–H and O–H groups in total. The van der Waals surface area contributed by atoms with Gasteiger partial charge in [-0.1, -0.05) is 36.4 Å². The molecule has 0 saturated heterocycles. The topological polar surface area (TPSA) is 91.7 Å². The Morgan fingerprint density at radius 2 is 1.62 bits per heavy atom. The first-order valence-corrected chi connectivity index (χ1v) is 10.5. The minimum Gasteiger partial charge on any atom is -0.443 e. The Morgan fingerprint density at radius 1 is 1.09 bits per heavy atom. The van der Waals surface area contributed by atoms with Crippen molar-refractivity contribution >= 4 is 18.1 Å². The predicted molar refractivity (Wildman–Crippen MR) is 125 cm³/mol. The molecule has 0 saturated carbocycles. The lowest BCUT2D eigenvalue weighted by Crippen LogP contribution is -2.52. The molecule has 0 aromatic heterocycles. The number of benzene rings is 1. The van der Waals surface area contributed by atoms with E-state index in [-0.39, 0.29) is 12.5 Å². The summed E-state index contributed by atoms with van der Waals surface area (Å²) in [7, 11) is 1.64. The third kappa shape index (κ3) is 8.70. The SMILES string of the molecule is C=CCN(C(=O)OC(C)(C)C)/C(=N/C(=O)OC(C)(C)C)N(C)[C@@H](C)[C@H](O)c1ccccc1. The first-order valence-electron chi connectivity index (χ1n) is 10.5. The van der Waals surface area contributed by atoms with Crippen molar-refractivity contribution in [2.45, 2.75) is 71.8 Å². The fraction of sp³-hybridized carbons (Fsp3) is 0.542. The number of likely N-dealkylation sites (N-methyl/N-ethyl adjacent to an activating group) is 1. The van der Waals surface area contributed by atoms with Gasteiger partial charge in [-0.3, -0.25) is 0 Å². The first kappa shape index (κ1) is 27.2. The molecule has 0 aliphatic heterocycles. The van der Waals surface area contributed by atoms with Crippen LogP contribution < -0.4 is 0 Å². The van der Waals surface area contributed by atoms with Gasteiger partial charge in [0.15, 0.2) is 0 Å². The van der Waals surface area contributed by atoms with E-state index >= 15 is 0 Å². The maximum atomic E-state index is 13.0. The maximum Gasteiger partial charge on any atom is 0.437 e. The molecule has 0 aliphatic rings. The predicted octanol–water partition coefficient (Wildman–Crippen LogP) is 4.75. The van der Waals surface area contributed by atoms with Crippen LogP contribution in [-0.2, 0) is 9.47 Å². The minimum absolute atomic E-state index is 0.0177. The van der Waals surface area contributed by atoms with E-state index in [1.54, 1.807) is 72.5 Å². The van der Waals surface area contributed by atoms with Gasteiger partial charge in [0, 0.05) is 13.6 Å². The molecule has 8 heteroatoms. The molecule has 8 nitrogen and oxygen atoms in total. The summed E-state index contributed by atoms with van der Waals surface area (Å²) in [4.78, 5) is 32.3. The van der Waals surface area contributed by atoms with Crippen molar-refractivity contribution < 1.29 is 24.2 Å². The van der Waals surface area contributed by atoms with Crippen molar-refractivity contribution in [2.24, 2.45) is 4.99 Å². The Labute approximate surface area is 191 Å². The van der Waals surface area contributed by atoms with Gasteiger partial charge in [-0.2, -0.15) is 0 Å². The molecule has 1 aromatic carbocycles.